The van der Waals surface area contributed by atoms with Crippen LogP contribution in [0, 0.1) is 0 Å². The summed E-state index contributed by atoms with van der Waals surface area (Å²) < 4.78 is 37.9. The van der Waals surface area contributed by atoms with E-state index >= 15 is 0 Å². The van der Waals surface area contributed by atoms with E-state index in [4.69, 9.17) is 28.4 Å². The van der Waals surface area contributed by atoms with Crippen molar-refractivity contribution in [2.24, 2.45) is 0 Å². The standard InChI is InChI=1S/C38H40N2O6/c1-39-14-13-25-20-32(42-4)36-38-34(25)28(39)17-22-6-9-27(10-7-22)45-37-33-24(19-31(41-3)35(37)43-5)12-15-40(2)29(33)18-23-8-11-30(46-38)26(16-23)21-44-36/h6-11,16,19-20,28-29H,12-15,17-18,21H2,1-5H3/t28-,29-/m1/s1. The van der Waals surface area contributed by atoms with Crippen LogP contribution in [-0.2, 0) is 32.3 Å². The molecule has 8 nitrogen and oxygen atoms in total. The van der Waals surface area contributed by atoms with Crippen LogP contribution in [-0.4, -0.2) is 58.3 Å². The lowest BCUT2D eigenvalue weighted by atomic mass is 9.87. The van der Waals surface area contributed by atoms with E-state index in [1.54, 1.807) is 21.3 Å². The Morgan fingerprint density at radius 1 is 0.630 bits per heavy atom. The van der Waals surface area contributed by atoms with Gasteiger partial charge in [-0.2, -0.15) is 0 Å². The van der Waals surface area contributed by atoms with Gasteiger partial charge in [-0.15, -0.1) is 0 Å². The molecule has 4 aromatic rings. The second-order valence-electron chi connectivity index (χ2n) is 12.8. The van der Waals surface area contributed by atoms with Crippen molar-refractivity contribution in [2.75, 3.05) is 48.5 Å². The van der Waals surface area contributed by atoms with E-state index in [9.17, 15) is 0 Å². The van der Waals surface area contributed by atoms with Crippen LogP contribution in [0.4, 0.5) is 0 Å². The summed E-state index contributed by atoms with van der Waals surface area (Å²) in [4.78, 5) is 4.82. The number of likely N-dealkylation sites (N-methyl/N-ethyl adjacent to an activating group) is 2. The third-order valence-electron chi connectivity index (χ3n) is 10.2. The Bertz CT molecular complexity index is 1820. The van der Waals surface area contributed by atoms with Crippen molar-refractivity contribution in [3.05, 3.63) is 93.5 Å². The van der Waals surface area contributed by atoms with Crippen LogP contribution >= 0.6 is 0 Å². The molecule has 7 aliphatic rings. The summed E-state index contributed by atoms with van der Waals surface area (Å²) in [6.07, 6.45) is 3.39. The van der Waals surface area contributed by atoms with E-state index in [0.717, 1.165) is 72.9 Å². The summed E-state index contributed by atoms with van der Waals surface area (Å²) in [5.41, 5.74) is 8.18. The molecule has 4 aromatic carbocycles. The van der Waals surface area contributed by atoms with E-state index in [1.807, 2.05) is 0 Å². The summed E-state index contributed by atoms with van der Waals surface area (Å²) in [7, 11) is 9.45. The molecule has 0 fully saturated rings. The Labute approximate surface area is 270 Å². The smallest absolute Gasteiger partial charge is 0.204 e. The number of hydrogen-bond acceptors (Lipinski definition) is 8. The van der Waals surface area contributed by atoms with Gasteiger partial charge in [0.1, 0.15) is 18.1 Å². The molecule has 0 unspecified atom stereocenters. The fraction of sp³-hybridized carbons (Fsp3) is 0.368. The first-order valence-electron chi connectivity index (χ1n) is 16.1. The largest absolute Gasteiger partial charge is 0.493 e. The molecule has 0 aliphatic carbocycles. The van der Waals surface area contributed by atoms with Gasteiger partial charge in [0.25, 0.3) is 0 Å². The lowest BCUT2D eigenvalue weighted by Crippen LogP contribution is -2.34. The number of hydrogen-bond donors (Lipinski definition) is 0. The first-order chi connectivity index (χ1) is 22.4. The fourth-order valence-corrected chi connectivity index (χ4v) is 7.70. The van der Waals surface area contributed by atoms with Gasteiger partial charge in [0.15, 0.2) is 23.0 Å². The summed E-state index contributed by atoms with van der Waals surface area (Å²) in [5.74, 6) is 5.75. The Balaban J connectivity index is 1.34. The minimum atomic E-state index is 0.0583. The SMILES string of the molecule is COc1cc2c3c(c1OC)Oc1ccc(cc1)C[C@@H]1c4c(cc(OC)c5c4Oc4ccc(cc4CO5)C[C@H]3N(C)CC2)CCN1C. The highest BCUT2D eigenvalue weighted by Crippen LogP contribution is 2.53. The van der Waals surface area contributed by atoms with Crippen molar-refractivity contribution >= 4 is 0 Å². The lowest BCUT2D eigenvalue weighted by Gasteiger charge is -2.37. The number of rotatable bonds is 3. The third-order valence-corrected chi connectivity index (χ3v) is 10.2. The van der Waals surface area contributed by atoms with Crippen LogP contribution in [0.1, 0.15) is 51.0 Å². The van der Waals surface area contributed by atoms with Gasteiger partial charge in [0, 0.05) is 41.9 Å². The van der Waals surface area contributed by atoms with Crippen molar-refractivity contribution in [2.45, 2.75) is 44.4 Å². The van der Waals surface area contributed by atoms with Gasteiger partial charge < -0.3 is 28.4 Å². The van der Waals surface area contributed by atoms with Crippen molar-refractivity contribution in [3.63, 3.8) is 0 Å². The van der Waals surface area contributed by atoms with Gasteiger partial charge in [-0.25, -0.2) is 0 Å². The summed E-state index contributed by atoms with van der Waals surface area (Å²) >= 11 is 0. The molecule has 7 aliphatic heterocycles. The van der Waals surface area contributed by atoms with Crippen LogP contribution in [0.25, 0.3) is 0 Å². The topological polar surface area (TPSA) is 61.9 Å². The molecule has 0 N–H and O–H groups in total. The molecule has 0 saturated heterocycles. The first kappa shape index (κ1) is 29.0. The lowest BCUT2D eigenvalue weighted by molar-refractivity contribution is 0.221. The van der Waals surface area contributed by atoms with E-state index < -0.39 is 0 Å². The highest BCUT2D eigenvalue weighted by molar-refractivity contribution is 5.64. The molecule has 8 heteroatoms. The van der Waals surface area contributed by atoms with Crippen molar-refractivity contribution in [1.82, 2.24) is 9.80 Å². The van der Waals surface area contributed by atoms with E-state index in [2.05, 4.69) is 78.5 Å². The molecule has 2 atom stereocenters. The second kappa shape index (κ2) is 11.4. The maximum atomic E-state index is 6.87. The van der Waals surface area contributed by atoms with Crippen molar-refractivity contribution < 1.29 is 28.4 Å². The molecular formula is C38H40N2O6. The molecular weight excluding hydrogens is 580 g/mol. The first-order valence-corrected chi connectivity index (χ1v) is 16.1. The summed E-state index contributed by atoms with van der Waals surface area (Å²) in [5, 5.41) is 0. The Hall–Kier alpha value is -4.40. The summed E-state index contributed by atoms with van der Waals surface area (Å²) in [6, 6.07) is 19.4. The predicted molar refractivity (Wildman–Crippen MR) is 175 cm³/mol. The molecule has 11 rings (SSSR count). The molecule has 0 aromatic heterocycles. The number of nitrogens with zero attached hydrogens (tertiary/aromatic N) is 2. The molecule has 0 amide bonds. The maximum absolute atomic E-state index is 6.87. The number of benzene rings is 4. The van der Waals surface area contributed by atoms with Gasteiger partial charge in [-0.05, 0) is 98.4 Å². The zero-order chi connectivity index (χ0) is 31.5. The maximum Gasteiger partial charge on any atom is 0.204 e. The van der Waals surface area contributed by atoms with E-state index in [-0.39, 0.29) is 12.1 Å². The number of methoxy groups -OCH3 is 3. The van der Waals surface area contributed by atoms with Crippen LogP contribution in [0.5, 0.6) is 46.0 Å². The predicted octanol–water partition coefficient (Wildman–Crippen LogP) is 7.05. The van der Waals surface area contributed by atoms with Crippen LogP contribution in [0.2, 0.25) is 0 Å². The molecule has 7 heterocycles. The second-order valence-corrected chi connectivity index (χ2v) is 12.8. The minimum Gasteiger partial charge on any atom is -0.493 e. The van der Waals surface area contributed by atoms with Gasteiger partial charge in [-0.3, -0.25) is 9.80 Å². The zero-order valence-corrected chi connectivity index (χ0v) is 27.1. The Morgan fingerprint density at radius 2 is 1.26 bits per heavy atom. The highest BCUT2D eigenvalue weighted by atomic mass is 16.6. The fourth-order valence-electron chi connectivity index (χ4n) is 7.70. The normalized spacial score (nSPS) is 20.0. The average Bonchev–Trinajstić information content (AvgIpc) is 3.26. The number of ether oxygens (including phenoxy) is 6. The molecule has 6 bridgehead atoms. The molecule has 0 spiro atoms. The molecule has 0 saturated carbocycles. The van der Waals surface area contributed by atoms with Crippen LogP contribution < -0.4 is 28.4 Å². The van der Waals surface area contributed by atoms with Gasteiger partial charge in [-0.1, -0.05) is 18.2 Å². The van der Waals surface area contributed by atoms with E-state index in [0.29, 0.717) is 29.6 Å². The highest BCUT2D eigenvalue weighted by Gasteiger charge is 2.36. The van der Waals surface area contributed by atoms with Crippen LogP contribution in [0.15, 0.2) is 54.6 Å². The van der Waals surface area contributed by atoms with E-state index in [1.165, 1.54) is 27.8 Å². The Kier molecular flexibility index (Phi) is 7.22. The minimum absolute atomic E-state index is 0.0583. The summed E-state index contributed by atoms with van der Waals surface area (Å²) in [6.45, 7) is 2.26. The van der Waals surface area contributed by atoms with Gasteiger partial charge >= 0.3 is 0 Å². The monoisotopic (exact) mass is 620 g/mol. The van der Waals surface area contributed by atoms with Crippen LogP contribution in [0.3, 0.4) is 0 Å². The average molecular weight is 621 g/mol. The third kappa shape index (κ3) is 4.74. The molecule has 0 radical (unpaired) electrons. The van der Waals surface area contributed by atoms with Crippen molar-refractivity contribution in [3.8, 4) is 46.0 Å². The zero-order valence-electron chi connectivity index (χ0n) is 27.1. The quantitative estimate of drug-likeness (QED) is 0.242. The van der Waals surface area contributed by atoms with Crippen molar-refractivity contribution in [1.29, 1.82) is 0 Å². The Morgan fingerprint density at radius 3 is 1.93 bits per heavy atom. The molecule has 46 heavy (non-hydrogen) atoms. The van der Waals surface area contributed by atoms with Gasteiger partial charge in [0.2, 0.25) is 11.5 Å². The van der Waals surface area contributed by atoms with Gasteiger partial charge in [0.05, 0.1) is 21.3 Å². The molecule has 238 valence electrons.